The third kappa shape index (κ3) is 1.64. The third-order valence-corrected chi connectivity index (χ3v) is 1.13. The summed E-state index contributed by atoms with van der Waals surface area (Å²) in [5.74, 6) is 0. The molecule has 0 saturated carbocycles. The van der Waals surface area contributed by atoms with Gasteiger partial charge in [-0.25, -0.2) is 9.78 Å². The second-order valence-corrected chi connectivity index (χ2v) is 3.20. The Bertz CT molecular complexity index is 89.0. The number of rotatable bonds is 0. The topological polar surface area (TPSA) is 27.7 Å². The molecule has 0 spiro atoms. The van der Waals surface area contributed by atoms with Crippen molar-refractivity contribution in [2.75, 3.05) is 6.79 Å². The van der Waals surface area contributed by atoms with E-state index in [-0.39, 0.29) is 18.5 Å². The van der Waals surface area contributed by atoms with Gasteiger partial charge >= 0.3 is 0 Å². The lowest BCUT2D eigenvalue weighted by atomic mass is 9.96. The predicted molar refractivity (Wildman–Crippen MR) is 31.4 cm³/mol. The molecule has 1 rings (SSSR count). The summed E-state index contributed by atoms with van der Waals surface area (Å²) in [5, 5.41) is 0. The minimum Gasteiger partial charge on any atom is -0.320 e. The van der Waals surface area contributed by atoms with Crippen molar-refractivity contribution >= 4 is 0 Å². The number of hydrogen-bond donors (Lipinski definition) is 0. The maximum atomic E-state index is 5.07. The van der Waals surface area contributed by atoms with E-state index in [2.05, 4.69) is 4.89 Å². The number of ether oxygens (including phenoxy) is 1. The maximum absolute atomic E-state index is 5.07. The molecule has 1 heterocycles. The molecular weight excluding hydrogens is 120 g/mol. The molecule has 1 aliphatic heterocycles. The normalized spacial score (nSPS) is 29.0. The van der Waals surface area contributed by atoms with Gasteiger partial charge < -0.3 is 4.74 Å². The molecule has 0 aromatic heterocycles. The van der Waals surface area contributed by atoms with Crippen molar-refractivity contribution in [1.29, 1.82) is 0 Å². The van der Waals surface area contributed by atoms with Crippen LogP contribution in [-0.2, 0) is 14.5 Å². The van der Waals surface area contributed by atoms with Crippen molar-refractivity contribution in [2.24, 2.45) is 5.41 Å². The minimum absolute atomic E-state index is 0.0104. The second kappa shape index (κ2) is 2.25. The first-order valence-electron chi connectivity index (χ1n) is 3.00. The van der Waals surface area contributed by atoms with Crippen LogP contribution in [-0.4, -0.2) is 13.1 Å². The fraction of sp³-hybridized carbons (Fsp3) is 1.00. The molecule has 9 heavy (non-hydrogen) atoms. The summed E-state index contributed by atoms with van der Waals surface area (Å²) < 4.78 is 5.07. The second-order valence-electron chi connectivity index (χ2n) is 3.20. The Labute approximate surface area is 54.8 Å². The molecule has 1 saturated heterocycles. The van der Waals surface area contributed by atoms with Crippen molar-refractivity contribution in [1.82, 2.24) is 0 Å². The lowest BCUT2D eigenvalue weighted by Gasteiger charge is -2.21. The first kappa shape index (κ1) is 6.99. The molecular formula is C6H12O3. The van der Waals surface area contributed by atoms with Crippen molar-refractivity contribution in [3.8, 4) is 0 Å². The summed E-state index contributed by atoms with van der Waals surface area (Å²) in [6, 6.07) is 0. The van der Waals surface area contributed by atoms with E-state index in [0.29, 0.717) is 0 Å². The Morgan fingerprint density at radius 1 is 1.33 bits per heavy atom. The Morgan fingerprint density at radius 3 is 2.22 bits per heavy atom. The van der Waals surface area contributed by atoms with Gasteiger partial charge in [-0.1, -0.05) is 20.8 Å². The van der Waals surface area contributed by atoms with Crippen LogP contribution in [0.4, 0.5) is 0 Å². The van der Waals surface area contributed by atoms with Gasteiger partial charge in [-0.3, -0.25) is 0 Å². The van der Waals surface area contributed by atoms with Crippen LogP contribution in [0.1, 0.15) is 20.8 Å². The minimum atomic E-state index is -0.211. The van der Waals surface area contributed by atoms with E-state index in [4.69, 9.17) is 9.62 Å². The van der Waals surface area contributed by atoms with E-state index in [0.717, 1.165) is 0 Å². The van der Waals surface area contributed by atoms with E-state index in [9.17, 15) is 0 Å². The third-order valence-electron chi connectivity index (χ3n) is 1.13. The largest absolute Gasteiger partial charge is 0.320 e. The van der Waals surface area contributed by atoms with Gasteiger partial charge in [0.05, 0.1) is 0 Å². The molecule has 0 bridgehead atoms. The molecule has 1 atom stereocenters. The predicted octanol–water partition coefficient (Wildman–Crippen LogP) is 1.29. The maximum Gasteiger partial charge on any atom is 0.198 e. The molecule has 0 radical (unpaired) electrons. The van der Waals surface area contributed by atoms with E-state index < -0.39 is 0 Å². The standard InChI is InChI=1S/C6H12O3/c1-6(2,3)5-7-4-8-9-5/h5H,4H2,1-3H3. The Balaban J connectivity index is 2.42. The molecule has 0 aromatic carbocycles. The van der Waals surface area contributed by atoms with Crippen LogP contribution in [0.25, 0.3) is 0 Å². The van der Waals surface area contributed by atoms with Crippen LogP contribution >= 0.6 is 0 Å². The highest BCUT2D eigenvalue weighted by Gasteiger charge is 2.31. The highest BCUT2D eigenvalue weighted by atomic mass is 17.3. The van der Waals surface area contributed by atoms with Crippen molar-refractivity contribution in [2.45, 2.75) is 27.1 Å². The Morgan fingerprint density at radius 2 is 2.00 bits per heavy atom. The van der Waals surface area contributed by atoms with Crippen LogP contribution in [0.15, 0.2) is 0 Å². The van der Waals surface area contributed by atoms with Crippen LogP contribution in [0.5, 0.6) is 0 Å². The summed E-state index contributed by atoms with van der Waals surface area (Å²) in [5.41, 5.74) is 0.0104. The van der Waals surface area contributed by atoms with Crippen molar-refractivity contribution in [3.05, 3.63) is 0 Å². The van der Waals surface area contributed by atoms with Crippen molar-refractivity contribution in [3.63, 3.8) is 0 Å². The van der Waals surface area contributed by atoms with E-state index in [1.807, 2.05) is 20.8 Å². The van der Waals surface area contributed by atoms with E-state index >= 15 is 0 Å². The van der Waals surface area contributed by atoms with Gasteiger partial charge in [-0.2, -0.15) is 0 Å². The first-order valence-corrected chi connectivity index (χ1v) is 3.00. The zero-order chi connectivity index (χ0) is 6.91. The van der Waals surface area contributed by atoms with Gasteiger partial charge in [0.2, 0.25) is 0 Å². The van der Waals surface area contributed by atoms with Gasteiger partial charge in [0.1, 0.15) is 0 Å². The molecule has 0 N–H and O–H groups in total. The molecule has 1 unspecified atom stereocenters. The summed E-state index contributed by atoms with van der Waals surface area (Å²) in [7, 11) is 0. The number of hydrogen-bond acceptors (Lipinski definition) is 3. The van der Waals surface area contributed by atoms with Crippen molar-refractivity contribution < 1.29 is 14.5 Å². The average molecular weight is 132 g/mol. The molecule has 3 nitrogen and oxygen atoms in total. The van der Waals surface area contributed by atoms with Gasteiger partial charge in [-0.15, -0.1) is 0 Å². The van der Waals surface area contributed by atoms with Crippen LogP contribution in [0, 0.1) is 5.41 Å². The summed E-state index contributed by atoms with van der Waals surface area (Å²) in [4.78, 5) is 9.36. The van der Waals surface area contributed by atoms with Gasteiger partial charge in [0, 0.05) is 5.41 Å². The monoisotopic (exact) mass is 132 g/mol. The quantitative estimate of drug-likeness (QED) is 0.465. The van der Waals surface area contributed by atoms with Gasteiger partial charge in [-0.05, 0) is 0 Å². The highest BCUT2D eigenvalue weighted by Crippen LogP contribution is 2.26. The fourth-order valence-corrected chi connectivity index (χ4v) is 0.601. The molecule has 1 aliphatic rings. The Hall–Kier alpha value is -0.120. The molecule has 0 amide bonds. The lowest BCUT2D eigenvalue weighted by Crippen LogP contribution is -2.26. The van der Waals surface area contributed by atoms with E-state index in [1.165, 1.54) is 0 Å². The van der Waals surface area contributed by atoms with E-state index in [1.54, 1.807) is 0 Å². The lowest BCUT2D eigenvalue weighted by molar-refractivity contribution is -0.295. The van der Waals surface area contributed by atoms with Crippen LogP contribution in [0.2, 0.25) is 0 Å². The molecule has 54 valence electrons. The first-order chi connectivity index (χ1) is 4.11. The van der Waals surface area contributed by atoms with Gasteiger partial charge in [0.25, 0.3) is 0 Å². The van der Waals surface area contributed by atoms with Crippen LogP contribution in [0.3, 0.4) is 0 Å². The summed E-state index contributed by atoms with van der Waals surface area (Å²) >= 11 is 0. The summed E-state index contributed by atoms with van der Waals surface area (Å²) in [6.07, 6.45) is -0.211. The van der Waals surface area contributed by atoms with Crippen LogP contribution < -0.4 is 0 Å². The molecule has 3 heteroatoms. The molecule has 0 aliphatic carbocycles. The molecule has 0 aromatic rings. The smallest absolute Gasteiger partial charge is 0.198 e. The zero-order valence-electron chi connectivity index (χ0n) is 6.01. The van der Waals surface area contributed by atoms with Gasteiger partial charge in [0.15, 0.2) is 13.1 Å². The molecule has 1 fully saturated rings. The Kier molecular flexibility index (Phi) is 1.75. The highest BCUT2D eigenvalue weighted by molar-refractivity contribution is 4.65. The SMILES string of the molecule is CC(C)(C)C1OCOO1. The zero-order valence-corrected chi connectivity index (χ0v) is 6.01. The fourth-order valence-electron chi connectivity index (χ4n) is 0.601. The summed E-state index contributed by atoms with van der Waals surface area (Å²) in [6.45, 7) is 6.35. The average Bonchev–Trinajstić information content (AvgIpc) is 2.08.